The van der Waals surface area contributed by atoms with E-state index in [1.165, 1.54) is 0 Å². The molecule has 0 saturated carbocycles. The summed E-state index contributed by atoms with van der Waals surface area (Å²) in [6, 6.07) is 5.33. The quantitative estimate of drug-likeness (QED) is 0.823. The molecule has 2 N–H and O–H groups in total. The largest absolute Gasteiger partial charge is 0.486 e. The Kier molecular flexibility index (Phi) is 6.21. The molecule has 0 radical (unpaired) electrons. The van der Waals surface area contributed by atoms with Crippen molar-refractivity contribution in [1.82, 2.24) is 10.2 Å². The highest BCUT2D eigenvalue weighted by Gasteiger charge is 2.30. The number of carbonyl (C=O) groups is 2. The van der Waals surface area contributed by atoms with Crippen LogP contribution in [0.4, 0.5) is 5.69 Å². The van der Waals surface area contributed by atoms with E-state index in [0.717, 1.165) is 25.9 Å². The summed E-state index contributed by atoms with van der Waals surface area (Å²) >= 11 is 0. The van der Waals surface area contributed by atoms with Gasteiger partial charge < -0.3 is 20.1 Å². The maximum absolute atomic E-state index is 12.6. The zero-order valence-corrected chi connectivity index (χ0v) is 16.3. The molecule has 2 heterocycles. The Balaban J connectivity index is 1.52. The number of hydrogen-bond donors (Lipinski definition) is 2. The van der Waals surface area contributed by atoms with Crippen molar-refractivity contribution in [2.24, 2.45) is 5.92 Å². The zero-order valence-electron chi connectivity index (χ0n) is 16.3. The van der Waals surface area contributed by atoms with E-state index in [4.69, 9.17) is 9.47 Å². The molecule has 0 aliphatic carbocycles. The van der Waals surface area contributed by atoms with Gasteiger partial charge >= 0.3 is 0 Å². The highest BCUT2D eigenvalue weighted by Crippen LogP contribution is 2.32. The Labute approximate surface area is 160 Å². The number of carbonyl (C=O) groups excluding carboxylic acids is 2. The first kappa shape index (κ1) is 19.5. The van der Waals surface area contributed by atoms with Gasteiger partial charge in [-0.15, -0.1) is 0 Å². The fourth-order valence-corrected chi connectivity index (χ4v) is 3.48. The van der Waals surface area contributed by atoms with E-state index < -0.39 is 0 Å². The molecular formula is C20H29N3O4. The maximum atomic E-state index is 12.6. The number of amides is 2. The number of nitrogens with zero attached hydrogens (tertiary/aromatic N) is 1. The van der Waals surface area contributed by atoms with Crippen LogP contribution in [0.1, 0.15) is 33.6 Å². The number of piperidine rings is 1. The second-order valence-corrected chi connectivity index (χ2v) is 7.50. The Morgan fingerprint density at radius 1 is 1.07 bits per heavy atom. The van der Waals surface area contributed by atoms with Crippen LogP contribution >= 0.6 is 0 Å². The summed E-state index contributed by atoms with van der Waals surface area (Å²) in [4.78, 5) is 26.9. The van der Waals surface area contributed by atoms with Crippen LogP contribution in [0.5, 0.6) is 11.5 Å². The normalized spacial score (nSPS) is 18.8. The van der Waals surface area contributed by atoms with Crippen LogP contribution in [0, 0.1) is 5.92 Å². The van der Waals surface area contributed by atoms with Crippen molar-refractivity contribution < 1.29 is 19.1 Å². The van der Waals surface area contributed by atoms with E-state index >= 15 is 0 Å². The van der Waals surface area contributed by atoms with E-state index in [-0.39, 0.29) is 29.8 Å². The van der Waals surface area contributed by atoms with Crippen LogP contribution in [0.3, 0.4) is 0 Å². The van der Waals surface area contributed by atoms with E-state index in [0.29, 0.717) is 30.4 Å². The van der Waals surface area contributed by atoms with E-state index in [1.54, 1.807) is 6.07 Å². The number of rotatable bonds is 5. The molecule has 2 aliphatic rings. The van der Waals surface area contributed by atoms with Crippen LogP contribution < -0.4 is 20.1 Å². The molecule has 1 saturated heterocycles. The lowest BCUT2D eigenvalue weighted by molar-refractivity contribution is -0.127. The third-order valence-corrected chi connectivity index (χ3v) is 5.07. The number of ether oxygens (including phenoxy) is 2. The second kappa shape index (κ2) is 8.61. The van der Waals surface area contributed by atoms with E-state index in [2.05, 4.69) is 15.5 Å². The van der Waals surface area contributed by atoms with Crippen molar-refractivity contribution in [3.8, 4) is 11.5 Å². The van der Waals surface area contributed by atoms with Gasteiger partial charge in [-0.05, 0) is 58.8 Å². The number of nitrogens with one attached hydrogen (secondary N) is 2. The van der Waals surface area contributed by atoms with E-state index in [1.807, 2.05) is 32.9 Å². The summed E-state index contributed by atoms with van der Waals surface area (Å²) in [5.41, 5.74) is 0.697. The molecule has 1 aromatic carbocycles. The Morgan fingerprint density at radius 3 is 2.41 bits per heavy atom. The molecule has 148 valence electrons. The number of hydrogen-bond acceptors (Lipinski definition) is 5. The first-order valence-corrected chi connectivity index (χ1v) is 9.69. The summed E-state index contributed by atoms with van der Waals surface area (Å²) in [6.45, 7) is 8.38. The lowest BCUT2D eigenvalue weighted by Crippen LogP contribution is -2.48. The average molecular weight is 375 g/mol. The number of fused-ring (bicyclic) bond motifs is 1. The van der Waals surface area contributed by atoms with Gasteiger partial charge in [-0.1, -0.05) is 0 Å². The van der Waals surface area contributed by atoms with Crippen molar-refractivity contribution in [3.05, 3.63) is 18.2 Å². The Hall–Kier alpha value is -2.28. The van der Waals surface area contributed by atoms with Crippen molar-refractivity contribution >= 4 is 17.5 Å². The van der Waals surface area contributed by atoms with Gasteiger partial charge in [-0.3, -0.25) is 14.5 Å². The molecule has 2 aliphatic heterocycles. The third kappa shape index (κ3) is 4.91. The van der Waals surface area contributed by atoms with Gasteiger partial charge in [0.1, 0.15) is 13.2 Å². The lowest BCUT2D eigenvalue weighted by Gasteiger charge is -2.35. The van der Waals surface area contributed by atoms with Crippen LogP contribution in [0.15, 0.2) is 18.2 Å². The molecule has 7 nitrogen and oxygen atoms in total. The Bertz CT molecular complexity index is 684. The highest BCUT2D eigenvalue weighted by molar-refractivity contribution is 5.94. The predicted octanol–water partition coefficient (Wildman–Crippen LogP) is 2.02. The smallest absolute Gasteiger partial charge is 0.241 e. The molecule has 0 aromatic heterocycles. The van der Waals surface area contributed by atoms with E-state index in [9.17, 15) is 9.59 Å². The minimum Gasteiger partial charge on any atom is -0.486 e. The lowest BCUT2D eigenvalue weighted by atomic mass is 9.94. The van der Waals surface area contributed by atoms with Crippen LogP contribution in [-0.4, -0.2) is 55.1 Å². The number of likely N-dealkylation sites (tertiary alicyclic amines) is 1. The summed E-state index contributed by atoms with van der Waals surface area (Å²) in [5, 5.41) is 5.93. The monoisotopic (exact) mass is 375 g/mol. The minimum absolute atomic E-state index is 0.0386. The average Bonchev–Trinajstić information content (AvgIpc) is 2.67. The molecule has 1 fully saturated rings. The van der Waals surface area contributed by atoms with Gasteiger partial charge in [0.15, 0.2) is 11.5 Å². The van der Waals surface area contributed by atoms with Gasteiger partial charge in [0.25, 0.3) is 0 Å². The summed E-state index contributed by atoms with van der Waals surface area (Å²) < 4.78 is 11.1. The molecule has 0 bridgehead atoms. The third-order valence-electron chi connectivity index (χ3n) is 5.07. The van der Waals surface area contributed by atoms with Crippen molar-refractivity contribution in [2.45, 2.75) is 45.7 Å². The fraction of sp³-hybridized carbons (Fsp3) is 0.600. The fourth-order valence-electron chi connectivity index (χ4n) is 3.48. The van der Waals surface area contributed by atoms with Crippen LogP contribution in [0.25, 0.3) is 0 Å². The summed E-state index contributed by atoms with van der Waals surface area (Å²) in [6.07, 6.45) is 1.56. The molecule has 0 spiro atoms. The topological polar surface area (TPSA) is 79.9 Å². The molecule has 7 heteroatoms. The molecular weight excluding hydrogens is 346 g/mol. The van der Waals surface area contributed by atoms with Gasteiger partial charge in [0.2, 0.25) is 11.8 Å². The molecule has 2 amide bonds. The molecule has 1 aromatic rings. The molecule has 27 heavy (non-hydrogen) atoms. The first-order chi connectivity index (χ1) is 12.9. The SMILES string of the molecule is CC(C)NC(=O)C1CCN(C(C)C(=O)Nc2ccc3c(c2)OCCO3)CC1. The predicted molar refractivity (Wildman–Crippen MR) is 103 cm³/mol. The number of benzene rings is 1. The van der Waals surface area contributed by atoms with Crippen molar-refractivity contribution in [2.75, 3.05) is 31.6 Å². The highest BCUT2D eigenvalue weighted by atomic mass is 16.6. The first-order valence-electron chi connectivity index (χ1n) is 9.69. The summed E-state index contributed by atoms with van der Waals surface area (Å²) in [5.74, 6) is 1.46. The molecule has 1 atom stereocenters. The Morgan fingerprint density at radius 2 is 1.74 bits per heavy atom. The summed E-state index contributed by atoms with van der Waals surface area (Å²) in [7, 11) is 0. The van der Waals surface area contributed by atoms with Gasteiger partial charge in [-0.2, -0.15) is 0 Å². The standard InChI is InChI=1S/C20H29N3O4/c1-13(2)21-20(25)15-6-8-23(9-7-15)14(3)19(24)22-16-4-5-17-18(12-16)27-11-10-26-17/h4-5,12-15H,6-11H2,1-3H3,(H,21,25)(H,22,24). The number of anilines is 1. The van der Waals surface area contributed by atoms with Gasteiger partial charge in [0, 0.05) is 23.7 Å². The zero-order chi connectivity index (χ0) is 19.4. The van der Waals surface area contributed by atoms with Crippen molar-refractivity contribution in [1.29, 1.82) is 0 Å². The van der Waals surface area contributed by atoms with Crippen LogP contribution in [-0.2, 0) is 9.59 Å². The second-order valence-electron chi connectivity index (χ2n) is 7.50. The van der Waals surface area contributed by atoms with Gasteiger partial charge in [0.05, 0.1) is 6.04 Å². The molecule has 1 unspecified atom stereocenters. The molecule has 3 rings (SSSR count). The maximum Gasteiger partial charge on any atom is 0.241 e. The minimum atomic E-state index is -0.257. The van der Waals surface area contributed by atoms with Crippen LogP contribution in [0.2, 0.25) is 0 Å². The van der Waals surface area contributed by atoms with Crippen molar-refractivity contribution in [3.63, 3.8) is 0 Å². The van der Waals surface area contributed by atoms with Gasteiger partial charge in [-0.25, -0.2) is 0 Å².